The van der Waals surface area contributed by atoms with E-state index >= 15 is 0 Å². The Balaban J connectivity index is 0.00000147. The van der Waals surface area contributed by atoms with Gasteiger partial charge in [0.1, 0.15) is 4.70 Å². The van der Waals surface area contributed by atoms with Crippen LogP contribution in [0.5, 0.6) is 0 Å². The third-order valence-corrected chi connectivity index (χ3v) is 4.31. The van der Waals surface area contributed by atoms with Crippen LogP contribution in [0, 0.1) is 3.95 Å². The SMILES string of the molecule is O=c1[nH]c([S-])nc2c1sc(=S)n2-c1ccc(Cl)cc1.[Na+]. The molecule has 0 unspecified atom stereocenters. The Morgan fingerprint density at radius 2 is 2.00 bits per heavy atom. The van der Waals surface area contributed by atoms with Gasteiger partial charge in [0, 0.05) is 10.7 Å². The van der Waals surface area contributed by atoms with Crippen molar-refractivity contribution >= 4 is 58.1 Å². The van der Waals surface area contributed by atoms with Crippen LogP contribution in [-0.2, 0) is 12.6 Å². The summed E-state index contributed by atoms with van der Waals surface area (Å²) in [6.45, 7) is 0. The van der Waals surface area contributed by atoms with E-state index in [4.69, 9.17) is 36.4 Å². The molecule has 0 saturated heterocycles. The molecule has 1 N–H and O–H groups in total. The molecular formula is C11H5ClN3NaOS3. The predicted octanol–water partition coefficient (Wildman–Crippen LogP) is 0.0680. The molecule has 0 amide bonds. The summed E-state index contributed by atoms with van der Waals surface area (Å²) in [5.74, 6) is 0. The number of fused-ring (bicyclic) bond motifs is 1. The van der Waals surface area contributed by atoms with E-state index in [2.05, 4.69) is 9.97 Å². The average Bonchev–Trinajstić information content (AvgIpc) is 2.67. The maximum Gasteiger partial charge on any atom is 1.00 e. The average molecular weight is 350 g/mol. The number of nitrogens with zero attached hydrogens (tertiary/aromatic N) is 2. The molecule has 1 aromatic carbocycles. The van der Waals surface area contributed by atoms with Gasteiger partial charge in [-0.05, 0) is 41.6 Å². The van der Waals surface area contributed by atoms with Gasteiger partial charge < -0.3 is 17.6 Å². The smallest absolute Gasteiger partial charge is 0.742 e. The fraction of sp³-hybridized carbons (Fsp3) is 0. The zero-order chi connectivity index (χ0) is 13.6. The summed E-state index contributed by atoms with van der Waals surface area (Å²) in [6.07, 6.45) is 0. The molecular weight excluding hydrogens is 345 g/mol. The minimum absolute atomic E-state index is 0. The summed E-state index contributed by atoms with van der Waals surface area (Å²) in [7, 11) is 0. The molecule has 3 aromatic rings. The van der Waals surface area contributed by atoms with Crippen molar-refractivity contribution in [2.45, 2.75) is 5.16 Å². The van der Waals surface area contributed by atoms with Gasteiger partial charge in [0.05, 0.1) is 0 Å². The second-order valence-electron chi connectivity index (χ2n) is 3.70. The van der Waals surface area contributed by atoms with E-state index in [1.165, 1.54) is 11.3 Å². The van der Waals surface area contributed by atoms with Gasteiger partial charge in [0.2, 0.25) is 0 Å². The summed E-state index contributed by atoms with van der Waals surface area (Å²) in [6, 6.07) is 7.14. The van der Waals surface area contributed by atoms with Crippen LogP contribution in [0.25, 0.3) is 16.0 Å². The molecule has 0 bridgehead atoms. The van der Waals surface area contributed by atoms with Crippen LogP contribution in [0.15, 0.2) is 34.2 Å². The van der Waals surface area contributed by atoms with Crippen LogP contribution in [0.1, 0.15) is 0 Å². The first-order valence-electron chi connectivity index (χ1n) is 5.15. The number of halogens is 1. The number of hydrogen-bond acceptors (Lipinski definition) is 5. The van der Waals surface area contributed by atoms with Crippen LogP contribution in [-0.4, -0.2) is 14.5 Å². The number of benzene rings is 1. The van der Waals surface area contributed by atoms with Gasteiger partial charge in [0.25, 0.3) is 5.56 Å². The van der Waals surface area contributed by atoms with Crippen molar-refractivity contribution in [2.75, 3.05) is 0 Å². The molecule has 96 valence electrons. The van der Waals surface area contributed by atoms with E-state index < -0.39 is 0 Å². The molecule has 0 spiro atoms. The molecule has 0 saturated carbocycles. The largest absolute Gasteiger partial charge is 1.00 e. The maximum atomic E-state index is 11.8. The Hall–Kier alpha value is -0.280. The van der Waals surface area contributed by atoms with Crippen LogP contribution >= 0.6 is 35.2 Å². The van der Waals surface area contributed by atoms with E-state index in [0.717, 1.165) is 5.69 Å². The Labute approximate surface area is 155 Å². The Morgan fingerprint density at radius 3 is 2.65 bits per heavy atom. The van der Waals surface area contributed by atoms with Crippen molar-refractivity contribution in [3.05, 3.63) is 43.6 Å². The predicted molar refractivity (Wildman–Crippen MR) is 81.0 cm³/mol. The van der Waals surface area contributed by atoms with Crippen molar-refractivity contribution < 1.29 is 29.6 Å². The molecule has 0 aliphatic carbocycles. The monoisotopic (exact) mass is 349 g/mol. The molecule has 0 atom stereocenters. The number of rotatable bonds is 1. The van der Waals surface area contributed by atoms with Gasteiger partial charge in [-0.3, -0.25) is 9.36 Å². The Kier molecular flexibility index (Phi) is 5.01. The minimum atomic E-state index is -0.265. The minimum Gasteiger partial charge on any atom is -0.742 e. The molecule has 4 nitrogen and oxygen atoms in total. The maximum absolute atomic E-state index is 11.8. The second-order valence-corrected chi connectivity index (χ2v) is 6.17. The molecule has 0 radical (unpaired) electrons. The Bertz CT molecular complexity index is 885. The topological polar surface area (TPSA) is 50.7 Å². The van der Waals surface area contributed by atoms with Gasteiger partial charge >= 0.3 is 29.6 Å². The first kappa shape index (κ1) is 16.1. The normalized spacial score (nSPS) is 10.4. The van der Waals surface area contributed by atoms with E-state index in [-0.39, 0.29) is 40.3 Å². The van der Waals surface area contributed by atoms with Crippen molar-refractivity contribution in [2.24, 2.45) is 0 Å². The van der Waals surface area contributed by atoms with Crippen LogP contribution < -0.4 is 35.1 Å². The van der Waals surface area contributed by atoms with Crippen LogP contribution in [0.2, 0.25) is 5.02 Å². The van der Waals surface area contributed by atoms with Crippen LogP contribution in [0.4, 0.5) is 0 Å². The molecule has 2 aromatic heterocycles. The first-order chi connectivity index (χ1) is 9.06. The van der Waals surface area contributed by atoms with Crippen LogP contribution in [0.3, 0.4) is 0 Å². The fourth-order valence-corrected chi connectivity index (χ4v) is 3.29. The summed E-state index contributed by atoms with van der Waals surface area (Å²) >= 11 is 17.3. The molecule has 20 heavy (non-hydrogen) atoms. The number of nitrogens with one attached hydrogen (secondary N) is 1. The quantitative estimate of drug-likeness (QED) is 0.292. The second kappa shape index (κ2) is 6.23. The molecule has 3 rings (SSSR count). The van der Waals surface area contributed by atoms with E-state index in [1.54, 1.807) is 16.7 Å². The van der Waals surface area contributed by atoms with Gasteiger partial charge in [-0.1, -0.05) is 22.9 Å². The van der Waals surface area contributed by atoms with Crippen molar-refractivity contribution in [1.82, 2.24) is 14.5 Å². The molecule has 2 heterocycles. The summed E-state index contributed by atoms with van der Waals surface area (Å²) in [5.41, 5.74) is 1.01. The zero-order valence-corrected chi connectivity index (χ0v) is 15.4. The van der Waals surface area contributed by atoms with Crippen molar-refractivity contribution in [1.29, 1.82) is 0 Å². The third kappa shape index (κ3) is 2.85. The van der Waals surface area contributed by atoms with E-state index in [0.29, 0.717) is 19.3 Å². The van der Waals surface area contributed by atoms with Gasteiger partial charge in [-0.2, -0.15) is 0 Å². The number of aromatic nitrogens is 3. The molecule has 9 heteroatoms. The molecule has 0 fully saturated rings. The van der Waals surface area contributed by atoms with E-state index in [1.807, 2.05) is 12.1 Å². The van der Waals surface area contributed by atoms with Gasteiger partial charge in [-0.15, -0.1) is 0 Å². The molecule has 0 aliphatic heterocycles. The van der Waals surface area contributed by atoms with Gasteiger partial charge in [-0.25, -0.2) is 4.98 Å². The summed E-state index contributed by atoms with van der Waals surface area (Å²) in [4.78, 5) is 18.5. The Morgan fingerprint density at radius 1 is 1.35 bits per heavy atom. The zero-order valence-electron chi connectivity index (χ0n) is 10.2. The third-order valence-electron chi connectivity index (χ3n) is 2.51. The van der Waals surface area contributed by atoms with Crippen molar-refractivity contribution in [3.8, 4) is 5.69 Å². The summed E-state index contributed by atoms with van der Waals surface area (Å²) < 4.78 is 2.72. The summed E-state index contributed by atoms with van der Waals surface area (Å²) in [5, 5.41) is 0.776. The van der Waals surface area contributed by atoms with E-state index in [9.17, 15) is 4.79 Å². The molecule has 0 aliphatic rings. The standard InChI is InChI=1S/C11H6ClN3OS3.Na/c12-5-1-3-6(4-2-5)15-8-7(19-11(15)18)9(16)14-10(17)13-8;/h1-4H,(H2,13,14,16,17);/q;+1/p-1. The number of thiazole rings is 1. The fourth-order valence-electron chi connectivity index (χ4n) is 1.71. The first-order valence-corrected chi connectivity index (χ1v) is 7.16. The number of H-pyrrole nitrogens is 1. The number of hydrogen-bond donors (Lipinski definition) is 1. The van der Waals surface area contributed by atoms with Crippen molar-refractivity contribution in [3.63, 3.8) is 0 Å². The number of aromatic amines is 1. The van der Waals surface area contributed by atoms with Gasteiger partial charge in [0.15, 0.2) is 9.60 Å².